The van der Waals surface area contributed by atoms with Gasteiger partial charge in [-0.3, -0.25) is 9.59 Å². The third-order valence-corrected chi connectivity index (χ3v) is 5.68. The first-order valence-electron chi connectivity index (χ1n) is 8.61. The highest BCUT2D eigenvalue weighted by Gasteiger charge is 2.31. The fourth-order valence-corrected chi connectivity index (χ4v) is 4.19. The summed E-state index contributed by atoms with van der Waals surface area (Å²) >= 11 is 1.28. The molecule has 6 nitrogen and oxygen atoms in total. The van der Waals surface area contributed by atoms with Gasteiger partial charge in [0.05, 0.1) is 11.5 Å². The Morgan fingerprint density at radius 3 is 2.44 bits per heavy atom. The highest BCUT2D eigenvalue weighted by Crippen LogP contribution is 2.30. The zero-order chi connectivity index (χ0) is 17.8. The number of carbonyl (C=O) groups excluding carboxylic acids is 3. The predicted octanol–water partition coefficient (Wildman–Crippen LogP) is 1.64. The number of thiophene rings is 1. The molecule has 1 fully saturated rings. The minimum Gasteiger partial charge on any atom is -0.550 e. The summed E-state index contributed by atoms with van der Waals surface area (Å²) in [6, 6.07) is 1.72. The SMILES string of the molecule is O=C([O-])[C@H]1CC=CC[C@H]1C(=O)Nc1sccc1C(=O)N1CCCCC1. The normalized spacial score (nSPS) is 23.3. The highest BCUT2D eigenvalue weighted by atomic mass is 32.1. The summed E-state index contributed by atoms with van der Waals surface area (Å²) in [5.41, 5.74) is 0.483. The number of piperidine rings is 1. The van der Waals surface area contributed by atoms with Gasteiger partial charge in [-0.15, -0.1) is 11.3 Å². The Labute approximate surface area is 150 Å². The van der Waals surface area contributed by atoms with Gasteiger partial charge in [-0.1, -0.05) is 12.2 Å². The molecule has 0 bridgehead atoms. The van der Waals surface area contributed by atoms with Crippen LogP contribution in [0.4, 0.5) is 5.00 Å². The van der Waals surface area contributed by atoms with E-state index in [9.17, 15) is 19.5 Å². The van der Waals surface area contributed by atoms with Crippen LogP contribution in [0.15, 0.2) is 23.6 Å². The van der Waals surface area contributed by atoms with Crippen molar-refractivity contribution >= 4 is 34.1 Å². The molecular formula is C18H21N2O4S-. The number of anilines is 1. The molecule has 1 aliphatic heterocycles. The second kappa shape index (κ2) is 7.82. The molecule has 1 aromatic rings. The van der Waals surface area contributed by atoms with Crippen LogP contribution in [0.25, 0.3) is 0 Å². The number of nitrogens with one attached hydrogen (secondary N) is 1. The number of hydrogen-bond acceptors (Lipinski definition) is 5. The van der Waals surface area contributed by atoms with Crippen molar-refractivity contribution in [2.45, 2.75) is 32.1 Å². The number of carboxylic acids is 1. The van der Waals surface area contributed by atoms with Crippen LogP contribution < -0.4 is 10.4 Å². The zero-order valence-corrected chi connectivity index (χ0v) is 14.7. The summed E-state index contributed by atoms with van der Waals surface area (Å²) in [6.07, 6.45) is 7.38. The van der Waals surface area contributed by atoms with Crippen molar-refractivity contribution in [2.24, 2.45) is 11.8 Å². The quantitative estimate of drug-likeness (QED) is 0.826. The maximum absolute atomic E-state index is 12.7. The summed E-state index contributed by atoms with van der Waals surface area (Å²) in [6.45, 7) is 1.48. The fourth-order valence-electron chi connectivity index (χ4n) is 3.41. The zero-order valence-electron chi connectivity index (χ0n) is 13.9. The highest BCUT2D eigenvalue weighted by molar-refractivity contribution is 7.14. The van der Waals surface area contributed by atoms with Crippen molar-refractivity contribution < 1.29 is 19.5 Å². The van der Waals surface area contributed by atoms with Gasteiger partial charge in [0.15, 0.2) is 0 Å². The minimum atomic E-state index is -1.21. The molecule has 1 N–H and O–H groups in total. The molecule has 0 spiro atoms. The molecule has 2 amide bonds. The summed E-state index contributed by atoms with van der Waals surface area (Å²) in [5.74, 6) is -3.15. The van der Waals surface area contributed by atoms with Gasteiger partial charge in [-0.05, 0) is 43.6 Å². The van der Waals surface area contributed by atoms with Crippen molar-refractivity contribution in [2.75, 3.05) is 18.4 Å². The van der Waals surface area contributed by atoms with E-state index in [2.05, 4.69) is 5.32 Å². The van der Waals surface area contributed by atoms with E-state index < -0.39 is 17.8 Å². The molecule has 1 aliphatic carbocycles. The molecule has 2 atom stereocenters. The third-order valence-electron chi connectivity index (χ3n) is 4.85. The van der Waals surface area contributed by atoms with E-state index in [0.717, 1.165) is 32.4 Å². The molecule has 25 heavy (non-hydrogen) atoms. The van der Waals surface area contributed by atoms with E-state index in [4.69, 9.17) is 0 Å². The van der Waals surface area contributed by atoms with Crippen LogP contribution in [0.3, 0.4) is 0 Å². The van der Waals surface area contributed by atoms with Gasteiger partial charge in [0.2, 0.25) is 5.91 Å². The first-order chi connectivity index (χ1) is 12.1. The molecule has 2 heterocycles. The van der Waals surface area contributed by atoms with Crippen LogP contribution >= 0.6 is 11.3 Å². The second-order valence-electron chi connectivity index (χ2n) is 6.48. The van der Waals surface area contributed by atoms with Crippen LogP contribution in [0.1, 0.15) is 42.5 Å². The maximum atomic E-state index is 12.7. The topological polar surface area (TPSA) is 89.5 Å². The predicted molar refractivity (Wildman–Crippen MR) is 93.1 cm³/mol. The van der Waals surface area contributed by atoms with Crippen LogP contribution in [0.2, 0.25) is 0 Å². The Balaban J connectivity index is 1.72. The average Bonchev–Trinajstić information content (AvgIpc) is 3.09. The first-order valence-corrected chi connectivity index (χ1v) is 9.49. The van der Waals surface area contributed by atoms with Gasteiger partial charge in [0, 0.05) is 25.0 Å². The maximum Gasteiger partial charge on any atom is 0.256 e. The molecule has 134 valence electrons. The van der Waals surface area contributed by atoms with Gasteiger partial charge in [0.25, 0.3) is 5.91 Å². The summed E-state index contributed by atoms with van der Waals surface area (Å²) in [4.78, 5) is 38.3. The van der Waals surface area contributed by atoms with Crippen molar-refractivity contribution in [1.29, 1.82) is 0 Å². The summed E-state index contributed by atoms with van der Waals surface area (Å²) < 4.78 is 0. The number of aliphatic carboxylic acids is 1. The Bertz CT molecular complexity index is 691. The van der Waals surface area contributed by atoms with E-state index in [0.29, 0.717) is 23.4 Å². The molecule has 3 rings (SSSR count). The van der Waals surface area contributed by atoms with Crippen LogP contribution in [0.5, 0.6) is 0 Å². The Hall–Kier alpha value is -2.15. The van der Waals surface area contributed by atoms with Gasteiger partial charge < -0.3 is 20.1 Å². The summed E-state index contributed by atoms with van der Waals surface area (Å²) in [5, 5.41) is 16.3. The number of carbonyl (C=O) groups is 3. The summed E-state index contributed by atoms with van der Waals surface area (Å²) in [7, 11) is 0. The monoisotopic (exact) mass is 361 g/mol. The minimum absolute atomic E-state index is 0.0729. The lowest BCUT2D eigenvalue weighted by Crippen LogP contribution is -2.41. The largest absolute Gasteiger partial charge is 0.550 e. The van der Waals surface area contributed by atoms with E-state index in [-0.39, 0.29) is 11.8 Å². The van der Waals surface area contributed by atoms with Gasteiger partial charge >= 0.3 is 0 Å². The van der Waals surface area contributed by atoms with E-state index in [1.165, 1.54) is 11.3 Å². The van der Waals surface area contributed by atoms with Gasteiger partial charge in [-0.2, -0.15) is 0 Å². The molecule has 0 saturated carbocycles. The fraction of sp³-hybridized carbons (Fsp3) is 0.500. The molecular weight excluding hydrogens is 340 g/mol. The molecule has 2 aliphatic rings. The average molecular weight is 361 g/mol. The molecule has 1 aromatic heterocycles. The van der Waals surface area contributed by atoms with E-state index in [1.807, 2.05) is 11.0 Å². The van der Waals surface area contributed by atoms with E-state index in [1.54, 1.807) is 17.5 Å². The van der Waals surface area contributed by atoms with Crippen LogP contribution in [0, 0.1) is 11.8 Å². The number of amides is 2. The second-order valence-corrected chi connectivity index (χ2v) is 7.40. The number of allylic oxidation sites excluding steroid dienone is 2. The Kier molecular flexibility index (Phi) is 5.53. The number of rotatable bonds is 4. The Morgan fingerprint density at radius 1 is 1.08 bits per heavy atom. The number of hydrogen-bond donors (Lipinski definition) is 1. The molecule has 7 heteroatoms. The lowest BCUT2D eigenvalue weighted by atomic mass is 9.82. The van der Waals surface area contributed by atoms with Crippen molar-refractivity contribution in [3.63, 3.8) is 0 Å². The van der Waals surface area contributed by atoms with Gasteiger partial charge in [-0.25, -0.2) is 0 Å². The molecule has 1 saturated heterocycles. The lowest BCUT2D eigenvalue weighted by Gasteiger charge is -2.29. The van der Waals surface area contributed by atoms with Crippen molar-refractivity contribution in [3.05, 3.63) is 29.2 Å². The van der Waals surface area contributed by atoms with E-state index >= 15 is 0 Å². The molecule has 0 unspecified atom stereocenters. The Morgan fingerprint density at radius 2 is 1.76 bits per heavy atom. The first kappa shape index (κ1) is 17.7. The number of nitrogens with zero attached hydrogens (tertiary/aromatic N) is 1. The standard InChI is InChI=1S/C18H22N2O4S/c21-15(12-6-2-3-7-13(12)18(23)24)19-16-14(8-11-25-16)17(22)20-9-4-1-5-10-20/h2-3,8,11-13H,1,4-7,9-10H2,(H,19,21)(H,23,24)/p-1/t12-,13+/m1/s1. The van der Waals surface area contributed by atoms with Gasteiger partial charge in [0.1, 0.15) is 5.00 Å². The smallest absolute Gasteiger partial charge is 0.256 e. The van der Waals surface area contributed by atoms with Crippen molar-refractivity contribution in [3.8, 4) is 0 Å². The molecule has 0 radical (unpaired) electrons. The lowest BCUT2D eigenvalue weighted by molar-refractivity contribution is -0.313. The number of likely N-dealkylation sites (tertiary alicyclic amines) is 1. The van der Waals surface area contributed by atoms with Crippen LogP contribution in [-0.2, 0) is 9.59 Å². The van der Waals surface area contributed by atoms with Crippen molar-refractivity contribution in [1.82, 2.24) is 4.90 Å². The number of carboxylic acid groups (broad SMARTS) is 1. The third kappa shape index (κ3) is 3.92. The van der Waals surface area contributed by atoms with Crippen LogP contribution in [-0.4, -0.2) is 35.8 Å². The molecule has 0 aromatic carbocycles.